The Hall–Kier alpha value is -2.40. The van der Waals surface area contributed by atoms with E-state index in [9.17, 15) is 4.79 Å². The predicted molar refractivity (Wildman–Crippen MR) is 78.2 cm³/mol. The predicted octanol–water partition coefficient (Wildman–Crippen LogP) is 3.39. The highest BCUT2D eigenvalue weighted by Gasteiger charge is 2.17. The van der Waals surface area contributed by atoms with Crippen LogP contribution in [0.4, 0.5) is 0 Å². The van der Waals surface area contributed by atoms with Crippen LogP contribution in [0, 0.1) is 0 Å². The van der Waals surface area contributed by atoms with Crippen molar-refractivity contribution in [3.8, 4) is 16.3 Å². The van der Waals surface area contributed by atoms with Crippen molar-refractivity contribution >= 4 is 17.3 Å². The maximum Gasteiger partial charge on any atom is 0.358 e. The van der Waals surface area contributed by atoms with Gasteiger partial charge in [-0.3, -0.25) is 0 Å². The van der Waals surface area contributed by atoms with E-state index in [4.69, 9.17) is 4.74 Å². The van der Waals surface area contributed by atoms with Gasteiger partial charge in [0.25, 0.3) is 0 Å². The van der Waals surface area contributed by atoms with Gasteiger partial charge in [-0.1, -0.05) is 24.3 Å². The molecule has 0 aliphatic carbocycles. The number of nitrogens with zero attached hydrogens (tertiary/aromatic N) is 2. The van der Waals surface area contributed by atoms with E-state index in [0.717, 1.165) is 16.3 Å². The van der Waals surface area contributed by atoms with E-state index in [1.165, 1.54) is 7.11 Å². The van der Waals surface area contributed by atoms with Crippen molar-refractivity contribution in [2.24, 2.45) is 0 Å². The molecule has 3 rings (SSSR count). The Bertz CT molecular complexity index is 718. The Morgan fingerprint density at radius 1 is 1.20 bits per heavy atom. The molecule has 0 N–H and O–H groups in total. The van der Waals surface area contributed by atoms with Crippen LogP contribution in [0.2, 0.25) is 0 Å². The second-order valence-electron chi connectivity index (χ2n) is 4.13. The fourth-order valence-corrected chi connectivity index (χ4v) is 2.68. The summed E-state index contributed by atoms with van der Waals surface area (Å²) < 4.78 is 6.51. The minimum Gasteiger partial charge on any atom is -0.464 e. The Kier molecular flexibility index (Phi) is 3.35. The summed E-state index contributed by atoms with van der Waals surface area (Å²) >= 11 is 1.60. The van der Waals surface area contributed by atoms with Crippen LogP contribution in [0.5, 0.6) is 0 Å². The molecule has 2 aromatic heterocycles. The molecule has 3 aromatic rings. The van der Waals surface area contributed by atoms with Crippen molar-refractivity contribution in [1.29, 1.82) is 0 Å². The summed E-state index contributed by atoms with van der Waals surface area (Å²) in [5.41, 5.74) is 2.09. The summed E-state index contributed by atoms with van der Waals surface area (Å²) in [6, 6.07) is 15.4. The first kappa shape index (κ1) is 12.6. The summed E-state index contributed by atoms with van der Waals surface area (Å²) in [6.07, 6.45) is 0. The molecule has 0 spiro atoms. The van der Waals surface area contributed by atoms with Crippen LogP contribution in [0.3, 0.4) is 0 Å². The van der Waals surface area contributed by atoms with Gasteiger partial charge in [0, 0.05) is 6.07 Å². The van der Waals surface area contributed by atoms with Gasteiger partial charge in [-0.05, 0) is 23.6 Å². The normalized spacial score (nSPS) is 10.4. The average Bonchev–Trinajstić information content (AvgIpc) is 3.16. The molecule has 0 saturated carbocycles. The van der Waals surface area contributed by atoms with Crippen molar-refractivity contribution in [1.82, 2.24) is 9.78 Å². The first-order valence-corrected chi connectivity index (χ1v) is 6.95. The number of ether oxygens (including phenoxy) is 1. The number of esters is 1. The smallest absolute Gasteiger partial charge is 0.358 e. The fourth-order valence-electron chi connectivity index (χ4n) is 1.95. The second-order valence-corrected chi connectivity index (χ2v) is 5.08. The van der Waals surface area contributed by atoms with Gasteiger partial charge < -0.3 is 4.74 Å². The zero-order valence-electron chi connectivity index (χ0n) is 10.8. The van der Waals surface area contributed by atoms with Crippen LogP contribution < -0.4 is 0 Å². The number of benzene rings is 1. The molecule has 0 aliphatic rings. The minimum absolute atomic E-state index is 0.305. The Balaban J connectivity index is 2.17. The largest absolute Gasteiger partial charge is 0.464 e. The van der Waals surface area contributed by atoms with Gasteiger partial charge in [0.05, 0.1) is 23.4 Å². The van der Waals surface area contributed by atoms with Gasteiger partial charge in [0.2, 0.25) is 0 Å². The molecule has 2 heterocycles. The number of carbonyl (C=O) groups is 1. The molecule has 0 aliphatic heterocycles. The van der Waals surface area contributed by atoms with Crippen molar-refractivity contribution in [3.63, 3.8) is 0 Å². The third-order valence-corrected chi connectivity index (χ3v) is 3.77. The minimum atomic E-state index is -0.433. The number of rotatable bonds is 3. The number of aromatic nitrogens is 2. The van der Waals surface area contributed by atoms with Crippen molar-refractivity contribution < 1.29 is 9.53 Å². The first-order valence-electron chi connectivity index (χ1n) is 6.07. The monoisotopic (exact) mass is 284 g/mol. The number of thiophene rings is 1. The highest BCUT2D eigenvalue weighted by molar-refractivity contribution is 7.13. The van der Waals surface area contributed by atoms with Crippen molar-refractivity contribution in [3.05, 3.63) is 59.6 Å². The molecule has 4 nitrogen and oxygen atoms in total. The van der Waals surface area contributed by atoms with E-state index in [1.54, 1.807) is 22.1 Å². The lowest BCUT2D eigenvalue weighted by Gasteiger charge is -2.05. The number of hydrogen-bond acceptors (Lipinski definition) is 4. The quantitative estimate of drug-likeness (QED) is 0.692. The molecule has 0 amide bonds. The Morgan fingerprint density at radius 2 is 2.00 bits per heavy atom. The zero-order chi connectivity index (χ0) is 13.9. The Morgan fingerprint density at radius 3 is 2.65 bits per heavy atom. The zero-order valence-corrected chi connectivity index (χ0v) is 11.6. The number of methoxy groups -OCH3 is 1. The summed E-state index contributed by atoms with van der Waals surface area (Å²) in [5.74, 6) is -0.433. The molecule has 0 radical (unpaired) electrons. The van der Waals surface area contributed by atoms with E-state index in [2.05, 4.69) is 5.10 Å². The lowest BCUT2D eigenvalue weighted by atomic mass is 10.3. The third kappa shape index (κ3) is 2.23. The SMILES string of the molecule is COC(=O)c1cc(-c2cccs2)n(-c2ccccc2)n1. The molecule has 0 saturated heterocycles. The van der Waals surface area contributed by atoms with Crippen LogP contribution in [0.15, 0.2) is 53.9 Å². The maximum absolute atomic E-state index is 11.7. The molecule has 0 fully saturated rings. The van der Waals surface area contributed by atoms with Gasteiger partial charge >= 0.3 is 5.97 Å². The van der Waals surface area contributed by atoms with Gasteiger partial charge in [0.15, 0.2) is 5.69 Å². The topological polar surface area (TPSA) is 44.1 Å². The lowest BCUT2D eigenvalue weighted by molar-refractivity contribution is 0.0593. The van der Waals surface area contributed by atoms with Crippen LogP contribution >= 0.6 is 11.3 Å². The maximum atomic E-state index is 11.7. The highest BCUT2D eigenvalue weighted by atomic mass is 32.1. The molecule has 20 heavy (non-hydrogen) atoms. The first-order chi connectivity index (χ1) is 9.79. The lowest BCUT2D eigenvalue weighted by Crippen LogP contribution is -2.04. The Labute approximate surface area is 120 Å². The number of carbonyl (C=O) groups excluding carboxylic acids is 1. The molecular weight excluding hydrogens is 272 g/mol. The van der Waals surface area contributed by atoms with E-state index in [0.29, 0.717) is 5.69 Å². The summed E-state index contributed by atoms with van der Waals surface area (Å²) in [6.45, 7) is 0. The second kappa shape index (κ2) is 5.30. The van der Waals surface area contributed by atoms with Gasteiger partial charge in [0.1, 0.15) is 0 Å². The van der Waals surface area contributed by atoms with Crippen LogP contribution in [0.25, 0.3) is 16.3 Å². The van der Waals surface area contributed by atoms with Gasteiger partial charge in [-0.15, -0.1) is 11.3 Å². The molecule has 0 atom stereocenters. The average molecular weight is 284 g/mol. The van der Waals surface area contributed by atoms with E-state index in [1.807, 2.05) is 47.8 Å². The number of hydrogen-bond donors (Lipinski definition) is 0. The van der Waals surface area contributed by atoms with Gasteiger partial charge in [-0.25, -0.2) is 9.48 Å². The third-order valence-electron chi connectivity index (χ3n) is 2.88. The van der Waals surface area contributed by atoms with Crippen molar-refractivity contribution in [2.45, 2.75) is 0 Å². The van der Waals surface area contributed by atoms with Crippen LogP contribution in [-0.4, -0.2) is 22.9 Å². The van der Waals surface area contributed by atoms with Crippen LogP contribution in [0.1, 0.15) is 10.5 Å². The molecular formula is C15H12N2O2S. The summed E-state index contributed by atoms with van der Waals surface area (Å²) in [7, 11) is 1.36. The standard InChI is InChI=1S/C15H12N2O2S/c1-19-15(18)12-10-13(14-8-5-9-20-14)17(16-12)11-6-3-2-4-7-11/h2-10H,1H3. The summed E-state index contributed by atoms with van der Waals surface area (Å²) in [5, 5.41) is 6.35. The molecule has 0 unspecified atom stereocenters. The van der Waals surface area contributed by atoms with E-state index in [-0.39, 0.29) is 0 Å². The highest BCUT2D eigenvalue weighted by Crippen LogP contribution is 2.28. The van der Waals surface area contributed by atoms with Crippen LogP contribution in [-0.2, 0) is 4.74 Å². The molecule has 0 bridgehead atoms. The fraction of sp³-hybridized carbons (Fsp3) is 0.0667. The van der Waals surface area contributed by atoms with E-state index < -0.39 is 5.97 Å². The number of para-hydroxylation sites is 1. The summed E-state index contributed by atoms with van der Waals surface area (Å²) in [4.78, 5) is 12.7. The van der Waals surface area contributed by atoms with Gasteiger partial charge in [-0.2, -0.15) is 5.10 Å². The van der Waals surface area contributed by atoms with E-state index >= 15 is 0 Å². The molecule has 1 aromatic carbocycles. The molecule has 100 valence electrons. The van der Waals surface area contributed by atoms with Crippen molar-refractivity contribution in [2.75, 3.05) is 7.11 Å². The molecule has 5 heteroatoms.